The molecule has 0 radical (unpaired) electrons. The van der Waals surface area contributed by atoms with E-state index in [2.05, 4.69) is 21.2 Å². The molecule has 0 aliphatic heterocycles. The zero-order valence-electron chi connectivity index (χ0n) is 15.2. The first kappa shape index (κ1) is 20.1. The number of hydrogen-bond acceptors (Lipinski definition) is 3. The van der Waals surface area contributed by atoms with Gasteiger partial charge < -0.3 is 5.32 Å². The lowest BCUT2D eigenvalue weighted by atomic mass is 10.1. The van der Waals surface area contributed by atoms with Crippen molar-refractivity contribution in [3.8, 4) is 0 Å². The number of hydrogen-bond donors (Lipinski definition) is 1. The molecule has 1 N–H and O–H groups in total. The van der Waals surface area contributed by atoms with Gasteiger partial charge in [0.15, 0.2) is 0 Å². The zero-order chi connectivity index (χ0) is 20.1. The predicted octanol–water partition coefficient (Wildman–Crippen LogP) is 4.46. The van der Waals surface area contributed by atoms with E-state index in [-0.39, 0.29) is 17.2 Å². The zero-order valence-corrected chi connectivity index (χ0v) is 17.6. The second kappa shape index (κ2) is 8.58. The van der Waals surface area contributed by atoms with Crippen molar-refractivity contribution in [3.05, 3.63) is 88.9 Å². The number of sulfonamides is 1. The molecular weight excluding hydrogens is 440 g/mol. The maximum atomic E-state index is 12.7. The molecule has 0 fully saturated rings. The molecule has 144 valence electrons. The number of nitrogens with one attached hydrogen (secondary N) is 1. The van der Waals surface area contributed by atoms with Crippen LogP contribution in [-0.2, 0) is 21.2 Å². The first-order valence-corrected chi connectivity index (χ1v) is 10.8. The Morgan fingerprint density at radius 3 is 2.29 bits per heavy atom. The van der Waals surface area contributed by atoms with E-state index in [0.717, 1.165) is 10.0 Å². The smallest absolute Gasteiger partial charge is 0.264 e. The van der Waals surface area contributed by atoms with Gasteiger partial charge in [0.05, 0.1) is 17.0 Å². The quantitative estimate of drug-likeness (QED) is 0.592. The summed E-state index contributed by atoms with van der Waals surface area (Å²) in [4.78, 5) is 12.5. The van der Waals surface area contributed by atoms with Crippen LogP contribution in [-0.4, -0.2) is 21.4 Å². The average Bonchev–Trinajstić information content (AvgIpc) is 2.68. The van der Waals surface area contributed by atoms with E-state index in [1.54, 1.807) is 54.6 Å². The maximum Gasteiger partial charge on any atom is 0.264 e. The lowest BCUT2D eigenvalue weighted by Crippen LogP contribution is -2.26. The van der Waals surface area contributed by atoms with Crippen molar-refractivity contribution in [2.24, 2.45) is 0 Å². The predicted molar refractivity (Wildman–Crippen MR) is 115 cm³/mol. The van der Waals surface area contributed by atoms with Gasteiger partial charge in [0.25, 0.3) is 10.0 Å². The highest BCUT2D eigenvalue weighted by Gasteiger charge is 2.20. The Morgan fingerprint density at radius 1 is 0.964 bits per heavy atom. The van der Waals surface area contributed by atoms with Gasteiger partial charge in [-0.05, 0) is 48.0 Å². The largest absolute Gasteiger partial charge is 0.326 e. The molecule has 0 spiro atoms. The Bertz CT molecular complexity index is 1070. The molecule has 28 heavy (non-hydrogen) atoms. The second-order valence-electron chi connectivity index (χ2n) is 6.19. The van der Waals surface area contributed by atoms with Gasteiger partial charge in [-0.1, -0.05) is 52.3 Å². The maximum absolute atomic E-state index is 12.7. The van der Waals surface area contributed by atoms with Gasteiger partial charge >= 0.3 is 0 Å². The Labute approximate surface area is 173 Å². The number of amides is 1. The van der Waals surface area contributed by atoms with E-state index in [4.69, 9.17) is 0 Å². The third-order valence-electron chi connectivity index (χ3n) is 4.17. The van der Waals surface area contributed by atoms with E-state index in [9.17, 15) is 13.2 Å². The number of anilines is 2. The van der Waals surface area contributed by atoms with Crippen LogP contribution in [0.2, 0.25) is 0 Å². The molecule has 0 saturated heterocycles. The minimum absolute atomic E-state index is 0.142. The van der Waals surface area contributed by atoms with Gasteiger partial charge in [-0.15, -0.1) is 0 Å². The normalized spacial score (nSPS) is 11.1. The fraction of sp³-hybridized carbons (Fsp3) is 0.0952. The average molecular weight is 459 g/mol. The van der Waals surface area contributed by atoms with Crippen LogP contribution >= 0.6 is 15.9 Å². The van der Waals surface area contributed by atoms with Gasteiger partial charge in [0.1, 0.15) is 0 Å². The van der Waals surface area contributed by atoms with Crippen LogP contribution in [0.5, 0.6) is 0 Å². The lowest BCUT2D eigenvalue weighted by Gasteiger charge is -2.19. The van der Waals surface area contributed by atoms with Gasteiger partial charge in [-0.2, -0.15) is 0 Å². The molecule has 0 atom stereocenters. The lowest BCUT2D eigenvalue weighted by molar-refractivity contribution is -0.115. The second-order valence-corrected chi connectivity index (χ2v) is 9.07. The number of nitrogens with zero attached hydrogens (tertiary/aromatic N) is 1. The van der Waals surface area contributed by atoms with Gasteiger partial charge in [0.2, 0.25) is 5.91 Å². The van der Waals surface area contributed by atoms with E-state index in [1.807, 2.05) is 24.3 Å². The van der Waals surface area contributed by atoms with Crippen LogP contribution < -0.4 is 9.62 Å². The molecule has 0 unspecified atom stereocenters. The third kappa shape index (κ3) is 4.79. The topological polar surface area (TPSA) is 66.5 Å². The van der Waals surface area contributed by atoms with Crippen LogP contribution in [0, 0.1) is 0 Å². The summed E-state index contributed by atoms with van der Waals surface area (Å²) in [7, 11) is -2.11. The Kier molecular flexibility index (Phi) is 6.16. The summed E-state index contributed by atoms with van der Waals surface area (Å²) in [6.07, 6.45) is 0.196. The molecule has 0 bridgehead atoms. The Morgan fingerprint density at radius 2 is 1.64 bits per heavy atom. The van der Waals surface area contributed by atoms with Gasteiger partial charge in [-0.3, -0.25) is 9.10 Å². The number of carbonyl (C=O) groups excluding carboxylic acids is 1. The summed E-state index contributed by atoms with van der Waals surface area (Å²) in [5, 5.41) is 2.84. The molecule has 0 aliphatic rings. The van der Waals surface area contributed by atoms with Gasteiger partial charge in [-0.25, -0.2) is 8.42 Å². The van der Waals surface area contributed by atoms with Crippen LogP contribution in [0.25, 0.3) is 0 Å². The highest BCUT2D eigenvalue weighted by atomic mass is 79.9. The van der Waals surface area contributed by atoms with Crippen molar-refractivity contribution < 1.29 is 13.2 Å². The minimum Gasteiger partial charge on any atom is -0.326 e. The van der Waals surface area contributed by atoms with Crippen LogP contribution in [0.1, 0.15) is 5.56 Å². The summed E-state index contributed by atoms with van der Waals surface area (Å²) < 4.78 is 27.5. The molecule has 5 nitrogen and oxygen atoms in total. The van der Waals surface area contributed by atoms with E-state index >= 15 is 0 Å². The fourth-order valence-electron chi connectivity index (χ4n) is 2.67. The monoisotopic (exact) mass is 458 g/mol. The van der Waals surface area contributed by atoms with Crippen LogP contribution in [0.3, 0.4) is 0 Å². The first-order valence-electron chi connectivity index (χ1n) is 8.54. The molecule has 3 aromatic rings. The van der Waals surface area contributed by atoms with Crippen molar-refractivity contribution in [3.63, 3.8) is 0 Å². The number of rotatable bonds is 6. The highest BCUT2D eigenvalue weighted by Crippen LogP contribution is 2.22. The Balaban J connectivity index is 1.68. The molecule has 0 aromatic heterocycles. The summed E-state index contributed by atoms with van der Waals surface area (Å²) in [6, 6.07) is 22.5. The number of benzene rings is 3. The summed E-state index contributed by atoms with van der Waals surface area (Å²) in [6.45, 7) is 0. The highest BCUT2D eigenvalue weighted by molar-refractivity contribution is 9.10. The van der Waals surface area contributed by atoms with Crippen molar-refractivity contribution in [1.82, 2.24) is 0 Å². The summed E-state index contributed by atoms with van der Waals surface area (Å²) in [5.74, 6) is -0.142. The molecule has 7 heteroatoms. The van der Waals surface area contributed by atoms with Crippen LogP contribution in [0.15, 0.2) is 88.2 Å². The van der Waals surface area contributed by atoms with Crippen LogP contribution in [0.4, 0.5) is 11.4 Å². The fourth-order valence-corrected chi connectivity index (χ4v) is 4.29. The van der Waals surface area contributed by atoms with Crippen molar-refractivity contribution in [2.75, 3.05) is 16.7 Å². The molecular formula is C21H19BrN2O3S. The third-order valence-corrected chi connectivity index (χ3v) is 6.47. The van der Waals surface area contributed by atoms with E-state index in [1.165, 1.54) is 11.4 Å². The SMILES string of the molecule is CN(c1ccc(CC(=O)Nc2cccc(Br)c2)cc1)S(=O)(=O)c1ccccc1. The molecule has 0 saturated carbocycles. The first-order chi connectivity index (χ1) is 13.4. The summed E-state index contributed by atoms with van der Waals surface area (Å²) in [5.41, 5.74) is 2.03. The summed E-state index contributed by atoms with van der Waals surface area (Å²) >= 11 is 3.37. The number of carbonyl (C=O) groups is 1. The molecule has 3 rings (SSSR count). The van der Waals surface area contributed by atoms with E-state index < -0.39 is 10.0 Å². The molecule has 3 aromatic carbocycles. The minimum atomic E-state index is -3.62. The molecule has 0 aliphatic carbocycles. The van der Waals surface area contributed by atoms with E-state index in [0.29, 0.717) is 11.4 Å². The van der Waals surface area contributed by atoms with Crippen molar-refractivity contribution >= 4 is 43.2 Å². The van der Waals surface area contributed by atoms with Crippen molar-refractivity contribution in [1.29, 1.82) is 0 Å². The number of halogens is 1. The van der Waals surface area contributed by atoms with Gasteiger partial charge in [0, 0.05) is 17.2 Å². The standard InChI is InChI=1S/C21H19BrN2O3S/c1-24(28(26,27)20-8-3-2-4-9-20)19-12-10-16(11-13-19)14-21(25)23-18-7-5-6-17(22)15-18/h2-13,15H,14H2,1H3,(H,23,25). The molecule has 1 amide bonds. The molecule has 0 heterocycles. The Hall–Kier alpha value is -2.64. The van der Waals surface area contributed by atoms with Crippen molar-refractivity contribution in [2.45, 2.75) is 11.3 Å².